The van der Waals surface area contributed by atoms with Gasteiger partial charge in [0.1, 0.15) is 6.04 Å². The third-order valence-electron chi connectivity index (χ3n) is 5.58. The van der Waals surface area contributed by atoms with Gasteiger partial charge < -0.3 is 10.6 Å². The van der Waals surface area contributed by atoms with Gasteiger partial charge in [0.2, 0.25) is 11.8 Å². The first-order valence-electron chi connectivity index (χ1n) is 9.22. The van der Waals surface area contributed by atoms with E-state index in [1.807, 2.05) is 0 Å². The molecule has 4 rings (SSSR count). The highest BCUT2D eigenvalue weighted by molar-refractivity contribution is 6.23. The highest BCUT2D eigenvalue weighted by Crippen LogP contribution is 2.30. The van der Waals surface area contributed by atoms with E-state index < -0.39 is 23.8 Å². The number of hydrogen-bond donors (Lipinski definition) is 3. The summed E-state index contributed by atoms with van der Waals surface area (Å²) >= 11 is 0. The number of fused-ring (bicyclic) bond motifs is 1. The predicted octanol–water partition coefficient (Wildman–Crippen LogP) is 0.642. The Hall–Kier alpha value is -2.74. The molecule has 142 valence electrons. The van der Waals surface area contributed by atoms with Crippen LogP contribution in [-0.2, 0) is 9.59 Å². The Balaban J connectivity index is 1.53. The number of benzene rings is 1. The maximum absolute atomic E-state index is 12.8. The van der Waals surface area contributed by atoms with E-state index in [2.05, 4.69) is 22.9 Å². The molecule has 3 N–H and O–H groups in total. The number of amides is 4. The van der Waals surface area contributed by atoms with Crippen molar-refractivity contribution in [3.05, 3.63) is 29.3 Å². The van der Waals surface area contributed by atoms with Crippen molar-refractivity contribution in [1.29, 1.82) is 0 Å². The van der Waals surface area contributed by atoms with Crippen LogP contribution in [0.5, 0.6) is 0 Å². The molecule has 3 aliphatic rings. The molecule has 3 heterocycles. The Labute approximate surface area is 156 Å². The van der Waals surface area contributed by atoms with Gasteiger partial charge in [0.05, 0.1) is 11.1 Å². The smallest absolute Gasteiger partial charge is 0.262 e. The van der Waals surface area contributed by atoms with E-state index in [0.29, 0.717) is 17.7 Å². The van der Waals surface area contributed by atoms with Gasteiger partial charge in [0, 0.05) is 24.2 Å². The van der Waals surface area contributed by atoms with Crippen molar-refractivity contribution in [3.63, 3.8) is 0 Å². The summed E-state index contributed by atoms with van der Waals surface area (Å²) in [7, 11) is 0. The number of rotatable bonds is 4. The van der Waals surface area contributed by atoms with Crippen LogP contribution < -0.4 is 16.0 Å². The van der Waals surface area contributed by atoms with Crippen LogP contribution in [0.15, 0.2) is 18.2 Å². The molecule has 8 nitrogen and oxygen atoms in total. The summed E-state index contributed by atoms with van der Waals surface area (Å²) in [4.78, 5) is 49.9. The van der Waals surface area contributed by atoms with Crippen LogP contribution in [0.2, 0.25) is 0 Å². The monoisotopic (exact) mass is 370 g/mol. The molecule has 0 aliphatic carbocycles. The van der Waals surface area contributed by atoms with Gasteiger partial charge in [-0.3, -0.25) is 29.4 Å². The highest BCUT2D eigenvalue weighted by atomic mass is 16.2. The fourth-order valence-corrected chi connectivity index (χ4v) is 3.99. The summed E-state index contributed by atoms with van der Waals surface area (Å²) in [5.41, 5.74) is 1.35. The van der Waals surface area contributed by atoms with Crippen molar-refractivity contribution in [1.82, 2.24) is 15.5 Å². The van der Waals surface area contributed by atoms with Gasteiger partial charge in [-0.25, -0.2) is 0 Å². The molecule has 0 radical (unpaired) electrons. The highest BCUT2D eigenvalue weighted by Gasteiger charge is 2.44. The minimum atomic E-state index is -0.937. The first-order valence-corrected chi connectivity index (χ1v) is 9.22. The Morgan fingerprint density at radius 3 is 2.67 bits per heavy atom. The van der Waals surface area contributed by atoms with Crippen LogP contribution in [0.25, 0.3) is 0 Å². The van der Waals surface area contributed by atoms with Gasteiger partial charge in [0.15, 0.2) is 0 Å². The lowest BCUT2D eigenvalue weighted by Crippen LogP contribution is -2.54. The molecule has 0 aromatic heterocycles. The second-order valence-electron chi connectivity index (χ2n) is 7.65. The second kappa shape index (κ2) is 6.45. The zero-order chi connectivity index (χ0) is 19.2. The Bertz CT molecular complexity index is 844. The topological polar surface area (TPSA) is 108 Å². The van der Waals surface area contributed by atoms with Gasteiger partial charge in [-0.2, -0.15) is 0 Å². The molecular formula is C19H22N4O4. The SMILES string of the molecule is C[C@@]1(CNc2ccc3c(c2)C(=O)N(C2CCC(=O)NC2=O)C3=O)CCCN1. The van der Waals surface area contributed by atoms with Crippen LogP contribution in [0.1, 0.15) is 53.3 Å². The zero-order valence-electron chi connectivity index (χ0n) is 15.1. The summed E-state index contributed by atoms with van der Waals surface area (Å²) in [5, 5.41) is 9.00. The Morgan fingerprint density at radius 1 is 1.19 bits per heavy atom. The van der Waals surface area contributed by atoms with E-state index in [4.69, 9.17) is 0 Å². The Morgan fingerprint density at radius 2 is 1.96 bits per heavy atom. The zero-order valence-corrected chi connectivity index (χ0v) is 15.1. The number of anilines is 1. The van der Waals surface area contributed by atoms with Crippen molar-refractivity contribution >= 4 is 29.3 Å². The summed E-state index contributed by atoms with van der Waals surface area (Å²) < 4.78 is 0. The van der Waals surface area contributed by atoms with Crippen molar-refractivity contribution in [3.8, 4) is 0 Å². The number of carbonyl (C=O) groups is 4. The number of imide groups is 2. The largest absolute Gasteiger partial charge is 0.383 e. The van der Waals surface area contributed by atoms with Crippen molar-refractivity contribution in [2.75, 3.05) is 18.4 Å². The molecule has 2 saturated heterocycles. The molecule has 2 fully saturated rings. The lowest BCUT2D eigenvalue weighted by Gasteiger charge is -2.27. The molecule has 3 aliphatic heterocycles. The molecule has 8 heteroatoms. The molecule has 0 spiro atoms. The maximum Gasteiger partial charge on any atom is 0.262 e. The quantitative estimate of drug-likeness (QED) is 0.672. The summed E-state index contributed by atoms with van der Waals surface area (Å²) in [5.74, 6) is -1.95. The minimum Gasteiger partial charge on any atom is -0.383 e. The first kappa shape index (κ1) is 17.7. The molecule has 0 bridgehead atoms. The molecule has 2 atom stereocenters. The van der Waals surface area contributed by atoms with Crippen LogP contribution >= 0.6 is 0 Å². The van der Waals surface area contributed by atoms with Crippen LogP contribution in [0, 0.1) is 0 Å². The average molecular weight is 370 g/mol. The first-order chi connectivity index (χ1) is 12.9. The summed E-state index contributed by atoms with van der Waals surface area (Å²) in [6.07, 6.45) is 2.48. The average Bonchev–Trinajstić information content (AvgIpc) is 3.17. The van der Waals surface area contributed by atoms with E-state index >= 15 is 0 Å². The second-order valence-corrected chi connectivity index (χ2v) is 7.65. The molecular weight excluding hydrogens is 348 g/mol. The van der Waals surface area contributed by atoms with E-state index in [1.165, 1.54) is 0 Å². The fraction of sp³-hybridized carbons (Fsp3) is 0.474. The standard InChI is InChI=1S/C19H22N4O4/c1-19(7-2-8-21-19)10-20-11-3-4-12-13(9-11)18(27)23(17(12)26)14-5-6-15(24)22-16(14)25/h3-4,9,14,20-21H,2,5-8,10H2,1H3,(H,22,24,25)/t14?,19-/m0/s1. The Kier molecular flexibility index (Phi) is 4.22. The molecule has 1 aromatic rings. The third kappa shape index (κ3) is 3.10. The van der Waals surface area contributed by atoms with Gasteiger partial charge in [0.25, 0.3) is 11.8 Å². The summed E-state index contributed by atoms with van der Waals surface area (Å²) in [6.45, 7) is 3.86. The van der Waals surface area contributed by atoms with Gasteiger partial charge in [-0.1, -0.05) is 0 Å². The normalized spacial score (nSPS) is 27.7. The van der Waals surface area contributed by atoms with Crippen molar-refractivity contribution in [2.24, 2.45) is 0 Å². The van der Waals surface area contributed by atoms with E-state index in [9.17, 15) is 19.2 Å². The number of nitrogens with zero attached hydrogens (tertiary/aromatic N) is 1. The van der Waals surface area contributed by atoms with Crippen LogP contribution in [0.3, 0.4) is 0 Å². The summed E-state index contributed by atoms with van der Waals surface area (Å²) in [6, 6.07) is 4.12. The number of piperidine rings is 1. The number of nitrogens with one attached hydrogen (secondary N) is 3. The molecule has 1 aromatic carbocycles. The van der Waals surface area contributed by atoms with Gasteiger partial charge in [-0.05, 0) is 50.9 Å². The van der Waals surface area contributed by atoms with E-state index in [0.717, 1.165) is 30.0 Å². The van der Waals surface area contributed by atoms with E-state index in [1.54, 1.807) is 18.2 Å². The fourth-order valence-electron chi connectivity index (χ4n) is 3.99. The molecule has 1 unspecified atom stereocenters. The van der Waals surface area contributed by atoms with Crippen molar-refractivity contribution < 1.29 is 19.2 Å². The van der Waals surface area contributed by atoms with Gasteiger partial charge in [-0.15, -0.1) is 0 Å². The third-order valence-corrected chi connectivity index (χ3v) is 5.58. The van der Waals surface area contributed by atoms with Crippen LogP contribution in [-0.4, -0.2) is 53.2 Å². The van der Waals surface area contributed by atoms with Crippen LogP contribution in [0.4, 0.5) is 5.69 Å². The van der Waals surface area contributed by atoms with E-state index in [-0.39, 0.29) is 24.3 Å². The lowest BCUT2D eigenvalue weighted by molar-refractivity contribution is -0.136. The minimum absolute atomic E-state index is 0.0115. The molecule has 4 amide bonds. The molecule has 0 saturated carbocycles. The number of hydrogen-bond acceptors (Lipinski definition) is 6. The predicted molar refractivity (Wildman–Crippen MR) is 97.2 cm³/mol. The van der Waals surface area contributed by atoms with Crippen molar-refractivity contribution in [2.45, 2.75) is 44.2 Å². The molecule has 27 heavy (non-hydrogen) atoms. The maximum atomic E-state index is 12.8. The lowest BCUT2D eigenvalue weighted by atomic mass is 10.0. The number of carbonyl (C=O) groups excluding carboxylic acids is 4. The van der Waals surface area contributed by atoms with Gasteiger partial charge >= 0.3 is 0 Å².